The molecule has 0 bridgehead atoms. The third kappa shape index (κ3) is 3.11. The van der Waals surface area contributed by atoms with Crippen LogP contribution in [0.2, 0.25) is 0 Å². The lowest BCUT2D eigenvalue weighted by Crippen LogP contribution is -2.11. The first kappa shape index (κ1) is 17.5. The summed E-state index contributed by atoms with van der Waals surface area (Å²) < 4.78 is 1.75. The Morgan fingerprint density at radius 2 is 2.14 bits per heavy atom. The first-order valence-corrected chi connectivity index (χ1v) is 8.67. The number of nitrogens with zero attached hydrogens (tertiary/aromatic N) is 4. The summed E-state index contributed by atoms with van der Waals surface area (Å²) in [6.45, 7) is 3.46. The summed E-state index contributed by atoms with van der Waals surface area (Å²) in [4.78, 5) is 28.1. The zero-order chi connectivity index (χ0) is 19.7. The van der Waals surface area contributed by atoms with Gasteiger partial charge >= 0.3 is 0 Å². The molecule has 0 aliphatic rings. The highest BCUT2D eigenvalue weighted by atomic mass is 16.1. The van der Waals surface area contributed by atoms with Crippen molar-refractivity contribution in [3.63, 3.8) is 0 Å². The van der Waals surface area contributed by atoms with Crippen LogP contribution in [-0.4, -0.2) is 37.5 Å². The van der Waals surface area contributed by atoms with Gasteiger partial charge in [0, 0.05) is 55.4 Å². The fourth-order valence-corrected chi connectivity index (χ4v) is 3.00. The average Bonchev–Trinajstić information content (AvgIpc) is 3.31. The number of aryl methyl sites for hydroxylation is 1. The third-order valence-electron chi connectivity index (χ3n) is 4.45. The van der Waals surface area contributed by atoms with Crippen molar-refractivity contribution in [3.8, 4) is 22.4 Å². The molecule has 0 saturated heterocycles. The highest BCUT2D eigenvalue weighted by molar-refractivity contribution is 5.98. The molecule has 0 radical (unpaired) electrons. The summed E-state index contributed by atoms with van der Waals surface area (Å²) in [6.07, 6.45) is 8.52. The first-order valence-electron chi connectivity index (χ1n) is 8.67. The van der Waals surface area contributed by atoms with Crippen molar-refractivity contribution in [1.29, 1.82) is 0 Å². The second-order valence-corrected chi connectivity index (χ2v) is 6.26. The number of pyridine rings is 2. The van der Waals surface area contributed by atoms with Crippen molar-refractivity contribution in [3.05, 3.63) is 55.6 Å². The monoisotopic (exact) mass is 373 g/mol. The third-order valence-corrected chi connectivity index (χ3v) is 4.45. The molecular formula is C20H19N7O. The SMILES string of the molecule is C=CC(=O)Nc1nc(-c2cnc3[nH]cc(-c4ccnc(NC)c4)c3c2)cn1C. The molecule has 1 amide bonds. The number of amides is 1. The molecule has 0 unspecified atom stereocenters. The van der Waals surface area contributed by atoms with Crippen molar-refractivity contribution >= 4 is 28.7 Å². The van der Waals surface area contributed by atoms with Gasteiger partial charge in [0.2, 0.25) is 11.9 Å². The topological polar surface area (TPSA) is 101 Å². The molecule has 0 aromatic carbocycles. The molecule has 8 nitrogen and oxygen atoms in total. The van der Waals surface area contributed by atoms with E-state index in [2.05, 4.69) is 37.1 Å². The number of carbonyl (C=O) groups excluding carboxylic acids is 1. The van der Waals surface area contributed by atoms with Gasteiger partial charge in [-0.25, -0.2) is 15.0 Å². The van der Waals surface area contributed by atoms with Gasteiger partial charge in [0.25, 0.3) is 0 Å². The number of H-pyrrole nitrogens is 1. The van der Waals surface area contributed by atoms with Crippen LogP contribution in [-0.2, 0) is 11.8 Å². The van der Waals surface area contributed by atoms with Gasteiger partial charge in [-0.2, -0.15) is 0 Å². The number of fused-ring (bicyclic) bond motifs is 1. The summed E-state index contributed by atoms with van der Waals surface area (Å²) in [7, 11) is 3.66. The van der Waals surface area contributed by atoms with E-state index < -0.39 is 0 Å². The summed E-state index contributed by atoms with van der Waals surface area (Å²) in [6, 6.07) is 5.98. The molecule has 8 heteroatoms. The van der Waals surface area contributed by atoms with Gasteiger partial charge in [-0.05, 0) is 29.8 Å². The molecule has 0 fully saturated rings. The molecule has 4 rings (SSSR count). The summed E-state index contributed by atoms with van der Waals surface area (Å²) in [5.41, 5.74) is 4.42. The minimum absolute atomic E-state index is 0.306. The van der Waals surface area contributed by atoms with E-state index >= 15 is 0 Å². The van der Waals surface area contributed by atoms with E-state index in [4.69, 9.17) is 0 Å². The van der Waals surface area contributed by atoms with E-state index in [-0.39, 0.29) is 5.91 Å². The van der Waals surface area contributed by atoms with Crippen LogP contribution in [0.3, 0.4) is 0 Å². The number of nitrogens with one attached hydrogen (secondary N) is 3. The van der Waals surface area contributed by atoms with Crippen LogP contribution in [0.25, 0.3) is 33.4 Å². The maximum Gasteiger partial charge on any atom is 0.250 e. The van der Waals surface area contributed by atoms with Gasteiger partial charge in [-0.3, -0.25) is 10.1 Å². The van der Waals surface area contributed by atoms with Gasteiger partial charge in [-0.15, -0.1) is 0 Å². The van der Waals surface area contributed by atoms with Crippen molar-refractivity contribution in [2.24, 2.45) is 7.05 Å². The number of anilines is 2. The van der Waals surface area contributed by atoms with Gasteiger partial charge in [-0.1, -0.05) is 6.58 Å². The molecule has 4 heterocycles. The van der Waals surface area contributed by atoms with Crippen LogP contribution < -0.4 is 10.6 Å². The average molecular weight is 373 g/mol. The Bertz CT molecular complexity index is 1190. The maximum absolute atomic E-state index is 11.6. The Kier molecular flexibility index (Phi) is 4.36. The maximum atomic E-state index is 11.6. The minimum Gasteiger partial charge on any atom is -0.373 e. The summed E-state index contributed by atoms with van der Waals surface area (Å²) in [5, 5.41) is 6.72. The molecule has 4 aromatic rings. The van der Waals surface area contributed by atoms with Crippen molar-refractivity contribution in [1.82, 2.24) is 24.5 Å². The number of aromatic amines is 1. The molecule has 0 spiro atoms. The number of rotatable bonds is 5. The van der Waals surface area contributed by atoms with Crippen molar-refractivity contribution in [2.45, 2.75) is 0 Å². The minimum atomic E-state index is -0.306. The first-order chi connectivity index (χ1) is 13.6. The Morgan fingerprint density at radius 1 is 1.29 bits per heavy atom. The normalized spacial score (nSPS) is 10.8. The molecular weight excluding hydrogens is 354 g/mol. The molecule has 0 atom stereocenters. The Balaban J connectivity index is 1.77. The quantitative estimate of drug-likeness (QED) is 0.467. The van der Waals surface area contributed by atoms with E-state index in [1.54, 1.807) is 17.0 Å². The molecule has 0 aliphatic carbocycles. The fourth-order valence-electron chi connectivity index (χ4n) is 3.00. The van der Waals surface area contributed by atoms with Crippen LogP contribution in [0.5, 0.6) is 0 Å². The highest BCUT2D eigenvalue weighted by Crippen LogP contribution is 2.31. The molecule has 28 heavy (non-hydrogen) atoms. The number of carbonyl (C=O) groups is 1. The predicted octanol–water partition coefficient (Wildman–Crippen LogP) is 3.19. The summed E-state index contributed by atoms with van der Waals surface area (Å²) in [5.74, 6) is 0.935. The lowest BCUT2D eigenvalue weighted by Gasteiger charge is -2.04. The largest absolute Gasteiger partial charge is 0.373 e. The van der Waals surface area contributed by atoms with E-state index in [1.807, 2.05) is 44.7 Å². The number of hydrogen-bond donors (Lipinski definition) is 3. The Hall–Kier alpha value is -3.94. The van der Waals surface area contributed by atoms with Crippen LogP contribution in [0.1, 0.15) is 0 Å². The van der Waals surface area contributed by atoms with Crippen LogP contribution in [0, 0.1) is 0 Å². The standard InChI is InChI=1S/C20H19N7O/c1-4-18(28)26-20-25-16(11-27(20)3)13-7-14-15(10-24-19(14)23-9-13)12-5-6-22-17(8-12)21-2/h4-11H,1H2,2-3H3,(H,21,22)(H,23,24)(H,25,26,28). The zero-order valence-corrected chi connectivity index (χ0v) is 15.5. The van der Waals surface area contributed by atoms with E-state index in [9.17, 15) is 4.79 Å². The number of aromatic nitrogens is 5. The second-order valence-electron chi connectivity index (χ2n) is 6.26. The van der Waals surface area contributed by atoms with Crippen LogP contribution in [0.15, 0.2) is 55.6 Å². The van der Waals surface area contributed by atoms with Crippen molar-refractivity contribution in [2.75, 3.05) is 17.7 Å². The van der Waals surface area contributed by atoms with E-state index in [0.29, 0.717) is 11.6 Å². The molecule has 0 saturated carbocycles. The lowest BCUT2D eigenvalue weighted by atomic mass is 10.1. The number of hydrogen-bond acceptors (Lipinski definition) is 5. The van der Waals surface area contributed by atoms with Gasteiger partial charge in [0.15, 0.2) is 0 Å². The molecule has 0 aliphatic heterocycles. The molecule has 3 N–H and O–H groups in total. The van der Waals surface area contributed by atoms with Gasteiger partial charge < -0.3 is 14.9 Å². The summed E-state index contributed by atoms with van der Waals surface area (Å²) >= 11 is 0. The second kappa shape index (κ2) is 6.99. The predicted molar refractivity (Wildman–Crippen MR) is 110 cm³/mol. The Morgan fingerprint density at radius 3 is 2.93 bits per heavy atom. The smallest absolute Gasteiger partial charge is 0.250 e. The molecule has 4 aromatic heterocycles. The zero-order valence-electron chi connectivity index (χ0n) is 15.5. The fraction of sp³-hybridized carbons (Fsp3) is 0.100. The van der Waals surface area contributed by atoms with Gasteiger partial charge in [0.05, 0.1) is 5.69 Å². The molecule has 140 valence electrons. The van der Waals surface area contributed by atoms with E-state index in [1.165, 1.54) is 6.08 Å². The van der Waals surface area contributed by atoms with Crippen LogP contribution >= 0.6 is 0 Å². The lowest BCUT2D eigenvalue weighted by molar-refractivity contribution is -0.111. The van der Waals surface area contributed by atoms with Crippen molar-refractivity contribution < 1.29 is 4.79 Å². The van der Waals surface area contributed by atoms with Crippen LogP contribution in [0.4, 0.5) is 11.8 Å². The van der Waals surface area contributed by atoms with Gasteiger partial charge in [0.1, 0.15) is 11.5 Å². The van der Waals surface area contributed by atoms with E-state index in [0.717, 1.165) is 33.5 Å². The number of imidazole rings is 1. The Labute approximate surface area is 161 Å². The highest BCUT2D eigenvalue weighted by Gasteiger charge is 2.13.